The Kier molecular flexibility index (Phi) is 5.25. The Hall–Kier alpha value is -1.03. The molecule has 0 aromatic carbocycles. The Morgan fingerprint density at radius 2 is 2.26 bits per heavy atom. The van der Waals surface area contributed by atoms with E-state index in [4.69, 9.17) is 16.3 Å². The molecule has 2 rings (SSSR count). The van der Waals surface area contributed by atoms with Gasteiger partial charge in [0.15, 0.2) is 0 Å². The fourth-order valence-electron chi connectivity index (χ4n) is 2.40. The van der Waals surface area contributed by atoms with E-state index < -0.39 is 0 Å². The molecule has 1 aromatic heterocycles. The van der Waals surface area contributed by atoms with Gasteiger partial charge < -0.3 is 10.1 Å². The Labute approximate surface area is 119 Å². The van der Waals surface area contributed by atoms with Crippen molar-refractivity contribution >= 4 is 17.4 Å². The zero-order valence-corrected chi connectivity index (χ0v) is 12.4. The number of hydrogen-bond donors (Lipinski definition) is 1. The molecule has 0 spiro atoms. The Morgan fingerprint density at radius 1 is 1.42 bits per heavy atom. The summed E-state index contributed by atoms with van der Waals surface area (Å²) >= 11 is 6.20. The number of rotatable bonds is 5. The van der Waals surface area contributed by atoms with Crippen LogP contribution in [0.15, 0.2) is 12.4 Å². The summed E-state index contributed by atoms with van der Waals surface area (Å²) in [7, 11) is 0. The van der Waals surface area contributed by atoms with Crippen LogP contribution in [0.3, 0.4) is 0 Å². The van der Waals surface area contributed by atoms with Crippen LogP contribution >= 0.6 is 11.6 Å². The lowest BCUT2D eigenvalue weighted by Crippen LogP contribution is -2.22. The lowest BCUT2D eigenvalue weighted by molar-refractivity contribution is 0.232. The summed E-state index contributed by atoms with van der Waals surface area (Å²) < 4.78 is 5.55. The predicted molar refractivity (Wildman–Crippen MR) is 77.9 cm³/mol. The minimum atomic E-state index is 0.123. The SMILES string of the molecule is CC(C)Oc1cc(NCC2CCCC(Cl)C2)ncn1. The number of hydrogen-bond acceptors (Lipinski definition) is 4. The number of halogens is 1. The van der Waals surface area contributed by atoms with Crippen molar-refractivity contribution in [1.29, 1.82) is 0 Å². The smallest absolute Gasteiger partial charge is 0.218 e. The summed E-state index contributed by atoms with van der Waals surface area (Å²) in [5.41, 5.74) is 0. The lowest BCUT2D eigenvalue weighted by atomic mass is 9.89. The maximum atomic E-state index is 6.20. The molecule has 5 heteroatoms. The van der Waals surface area contributed by atoms with Gasteiger partial charge in [-0.15, -0.1) is 11.6 Å². The van der Waals surface area contributed by atoms with Crippen molar-refractivity contribution in [2.75, 3.05) is 11.9 Å². The molecule has 1 aliphatic rings. The van der Waals surface area contributed by atoms with E-state index in [-0.39, 0.29) is 6.10 Å². The molecule has 0 aliphatic heterocycles. The van der Waals surface area contributed by atoms with E-state index in [1.54, 1.807) is 0 Å². The summed E-state index contributed by atoms with van der Waals surface area (Å²) in [6.45, 7) is 4.89. The summed E-state index contributed by atoms with van der Waals surface area (Å²) in [6.07, 6.45) is 6.37. The van der Waals surface area contributed by atoms with Gasteiger partial charge in [0.25, 0.3) is 0 Å². The molecule has 1 aromatic rings. The van der Waals surface area contributed by atoms with E-state index in [9.17, 15) is 0 Å². The standard InChI is InChI=1S/C14H22ClN3O/c1-10(2)19-14-7-13(17-9-18-14)16-8-11-4-3-5-12(15)6-11/h7,9-12H,3-6,8H2,1-2H3,(H,16,17,18). The highest BCUT2D eigenvalue weighted by atomic mass is 35.5. The van der Waals surface area contributed by atoms with Gasteiger partial charge in [-0.2, -0.15) is 0 Å². The highest BCUT2D eigenvalue weighted by molar-refractivity contribution is 6.20. The van der Waals surface area contributed by atoms with Crippen molar-refractivity contribution < 1.29 is 4.74 Å². The second-order valence-corrected chi connectivity index (χ2v) is 6.04. The summed E-state index contributed by atoms with van der Waals surface area (Å²) in [4.78, 5) is 8.31. The van der Waals surface area contributed by atoms with Gasteiger partial charge in [-0.25, -0.2) is 9.97 Å². The largest absolute Gasteiger partial charge is 0.475 e. The van der Waals surface area contributed by atoms with Crippen molar-refractivity contribution in [3.8, 4) is 5.88 Å². The van der Waals surface area contributed by atoms with E-state index in [2.05, 4.69) is 15.3 Å². The fraction of sp³-hybridized carbons (Fsp3) is 0.714. The number of alkyl halides is 1. The normalized spacial score (nSPS) is 23.4. The zero-order valence-electron chi connectivity index (χ0n) is 11.6. The van der Waals surface area contributed by atoms with Crippen molar-refractivity contribution in [2.24, 2.45) is 5.92 Å². The maximum absolute atomic E-state index is 6.20. The highest BCUT2D eigenvalue weighted by Gasteiger charge is 2.20. The molecule has 2 atom stereocenters. The quantitative estimate of drug-likeness (QED) is 0.841. The first-order valence-corrected chi connectivity index (χ1v) is 7.43. The third-order valence-electron chi connectivity index (χ3n) is 3.29. The molecule has 2 unspecified atom stereocenters. The summed E-state index contributed by atoms with van der Waals surface area (Å²) in [5.74, 6) is 2.08. The average Bonchev–Trinajstić information content (AvgIpc) is 2.36. The fourth-order valence-corrected chi connectivity index (χ4v) is 2.81. The molecule has 1 fully saturated rings. The van der Waals surface area contributed by atoms with E-state index in [1.807, 2.05) is 19.9 Å². The monoisotopic (exact) mass is 283 g/mol. The third-order valence-corrected chi connectivity index (χ3v) is 3.69. The number of aromatic nitrogens is 2. The first kappa shape index (κ1) is 14.4. The van der Waals surface area contributed by atoms with Crippen LogP contribution in [0.4, 0.5) is 5.82 Å². The minimum absolute atomic E-state index is 0.123. The molecule has 0 bridgehead atoms. The van der Waals surface area contributed by atoms with Gasteiger partial charge >= 0.3 is 0 Å². The molecule has 1 aliphatic carbocycles. The molecular weight excluding hydrogens is 262 g/mol. The molecule has 1 heterocycles. The number of nitrogens with zero attached hydrogens (tertiary/aromatic N) is 2. The van der Waals surface area contributed by atoms with Crippen LogP contribution in [0.2, 0.25) is 0 Å². The van der Waals surface area contributed by atoms with Crippen molar-refractivity contribution in [2.45, 2.75) is 51.0 Å². The van der Waals surface area contributed by atoms with Crippen molar-refractivity contribution in [3.63, 3.8) is 0 Å². The Balaban J connectivity index is 1.85. The predicted octanol–water partition coefficient (Wildman–Crippen LogP) is 3.47. The van der Waals surface area contributed by atoms with Crippen LogP contribution in [0.5, 0.6) is 5.88 Å². The molecule has 4 nitrogen and oxygen atoms in total. The maximum Gasteiger partial charge on any atom is 0.218 e. The Morgan fingerprint density at radius 3 is 3.00 bits per heavy atom. The van der Waals surface area contributed by atoms with E-state index in [0.29, 0.717) is 17.2 Å². The van der Waals surface area contributed by atoms with Gasteiger partial charge in [-0.3, -0.25) is 0 Å². The number of anilines is 1. The van der Waals surface area contributed by atoms with Gasteiger partial charge in [-0.1, -0.05) is 6.42 Å². The molecule has 106 valence electrons. The van der Waals surface area contributed by atoms with Crippen LogP contribution < -0.4 is 10.1 Å². The van der Waals surface area contributed by atoms with Crippen LogP contribution in [-0.2, 0) is 0 Å². The molecule has 1 N–H and O–H groups in total. The van der Waals surface area contributed by atoms with E-state index in [1.165, 1.54) is 19.2 Å². The van der Waals surface area contributed by atoms with Crippen molar-refractivity contribution in [3.05, 3.63) is 12.4 Å². The second kappa shape index (κ2) is 6.94. The van der Waals surface area contributed by atoms with Gasteiger partial charge in [0.1, 0.15) is 12.1 Å². The first-order chi connectivity index (χ1) is 9.13. The Bertz CT molecular complexity index is 400. The molecule has 0 radical (unpaired) electrons. The summed E-state index contributed by atoms with van der Waals surface area (Å²) in [5, 5.41) is 3.70. The topological polar surface area (TPSA) is 47.0 Å². The van der Waals surface area contributed by atoms with Gasteiger partial charge in [0.05, 0.1) is 6.10 Å². The highest BCUT2D eigenvalue weighted by Crippen LogP contribution is 2.28. The van der Waals surface area contributed by atoms with Gasteiger partial charge in [0, 0.05) is 18.0 Å². The first-order valence-electron chi connectivity index (χ1n) is 7.00. The van der Waals surface area contributed by atoms with Crippen LogP contribution in [0.25, 0.3) is 0 Å². The van der Waals surface area contributed by atoms with Crippen molar-refractivity contribution in [1.82, 2.24) is 9.97 Å². The molecule has 0 saturated heterocycles. The lowest BCUT2D eigenvalue weighted by Gasteiger charge is -2.25. The van der Waals surface area contributed by atoms with Crippen LogP contribution in [0, 0.1) is 5.92 Å². The number of ether oxygens (including phenoxy) is 1. The van der Waals surface area contributed by atoms with E-state index >= 15 is 0 Å². The van der Waals surface area contributed by atoms with Gasteiger partial charge in [0.2, 0.25) is 5.88 Å². The zero-order chi connectivity index (χ0) is 13.7. The summed E-state index contributed by atoms with van der Waals surface area (Å²) in [6, 6.07) is 1.85. The molecule has 0 amide bonds. The molecular formula is C14H22ClN3O. The van der Waals surface area contributed by atoms with Crippen LogP contribution in [-0.4, -0.2) is 28.0 Å². The average molecular weight is 284 g/mol. The minimum Gasteiger partial charge on any atom is -0.475 e. The molecule has 19 heavy (non-hydrogen) atoms. The second-order valence-electron chi connectivity index (χ2n) is 5.42. The van der Waals surface area contributed by atoms with Crippen LogP contribution in [0.1, 0.15) is 39.5 Å². The third kappa shape index (κ3) is 4.86. The van der Waals surface area contributed by atoms with E-state index in [0.717, 1.165) is 25.2 Å². The van der Waals surface area contributed by atoms with Gasteiger partial charge in [-0.05, 0) is 39.0 Å². The molecule has 1 saturated carbocycles. The number of nitrogens with one attached hydrogen (secondary N) is 1.